The highest BCUT2D eigenvalue weighted by molar-refractivity contribution is 5.86. The maximum absolute atomic E-state index is 13.2. The highest BCUT2D eigenvalue weighted by Gasteiger charge is 2.52. The van der Waals surface area contributed by atoms with Gasteiger partial charge < -0.3 is 29.4 Å². The number of H-pyrrole nitrogens is 1. The predicted molar refractivity (Wildman–Crippen MR) is 86.5 cm³/mol. The summed E-state index contributed by atoms with van der Waals surface area (Å²) >= 11 is 0. The molecule has 25 heavy (non-hydrogen) atoms. The Kier molecular flexibility index (Phi) is 4.96. The number of hydrogen-bond donors (Lipinski definition) is 2. The number of carbonyl (C=O) groups is 2. The molecule has 1 aromatic heterocycles. The summed E-state index contributed by atoms with van der Waals surface area (Å²) in [5.41, 5.74) is 0. The first-order valence-corrected chi connectivity index (χ1v) is 8.38. The number of ether oxygens (including phenoxy) is 3. The van der Waals surface area contributed by atoms with Crippen molar-refractivity contribution >= 4 is 12.0 Å². The van der Waals surface area contributed by atoms with Gasteiger partial charge in [-0.25, -0.2) is 9.78 Å². The van der Waals surface area contributed by atoms with Gasteiger partial charge in [0.05, 0.1) is 32.9 Å². The first-order valence-electron chi connectivity index (χ1n) is 8.38. The number of hydrogen-bond acceptors (Lipinski definition) is 6. The summed E-state index contributed by atoms with van der Waals surface area (Å²) < 4.78 is 16.2. The van der Waals surface area contributed by atoms with Crippen LogP contribution in [0.1, 0.15) is 32.1 Å². The van der Waals surface area contributed by atoms with Gasteiger partial charge in [-0.1, -0.05) is 13.8 Å². The summed E-state index contributed by atoms with van der Waals surface area (Å²) in [6, 6.07) is -1.01. The van der Waals surface area contributed by atoms with E-state index in [1.54, 1.807) is 17.3 Å². The molecular weight excluding hydrogens is 328 g/mol. The second-order valence-corrected chi connectivity index (χ2v) is 6.63. The summed E-state index contributed by atoms with van der Waals surface area (Å²) in [5, 5.41) is 2.62. The number of nitrogens with one attached hydrogen (secondary N) is 2. The number of aromatic nitrogens is 2. The quantitative estimate of drug-likeness (QED) is 0.831. The molecule has 3 heterocycles. The molecule has 2 fully saturated rings. The van der Waals surface area contributed by atoms with Crippen LogP contribution in [-0.4, -0.2) is 65.6 Å². The van der Waals surface area contributed by atoms with E-state index in [0.29, 0.717) is 32.0 Å². The number of nitrogens with zero attached hydrogens (tertiary/aromatic N) is 2. The standard InChI is InChI=1S/C16H24N4O5/c1-10(2)12(19-15(22)23-3)14(21)20-9-16(24-6-7-25-16)8-11(20)13-17-4-5-18-13/h4-5,10-12H,6-9H2,1-3H3,(H,17,18)(H,19,22). The summed E-state index contributed by atoms with van der Waals surface area (Å²) in [7, 11) is 1.27. The van der Waals surface area contributed by atoms with Crippen LogP contribution in [0.4, 0.5) is 4.79 Å². The van der Waals surface area contributed by atoms with Gasteiger partial charge in [0.15, 0.2) is 5.79 Å². The van der Waals surface area contributed by atoms with Crippen molar-refractivity contribution in [2.24, 2.45) is 5.92 Å². The molecule has 0 aromatic carbocycles. The third-order valence-corrected chi connectivity index (χ3v) is 4.61. The van der Waals surface area contributed by atoms with Gasteiger partial charge in [0.25, 0.3) is 0 Å². The van der Waals surface area contributed by atoms with Crippen molar-refractivity contribution < 1.29 is 23.8 Å². The smallest absolute Gasteiger partial charge is 0.407 e. The average molecular weight is 352 g/mol. The Hall–Kier alpha value is -2.13. The second-order valence-electron chi connectivity index (χ2n) is 6.63. The number of alkyl carbamates (subject to hydrolysis) is 1. The fourth-order valence-electron chi connectivity index (χ4n) is 3.36. The number of carbonyl (C=O) groups excluding carboxylic acids is 2. The van der Waals surface area contributed by atoms with Crippen molar-refractivity contribution in [3.05, 3.63) is 18.2 Å². The van der Waals surface area contributed by atoms with Gasteiger partial charge in [-0.2, -0.15) is 0 Å². The van der Waals surface area contributed by atoms with Gasteiger partial charge in [-0.05, 0) is 5.92 Å². The molecule has 3 rings (SSSR count). The molecule has 2 unspecified atom stereocenters. The minimum atomic E-state index is -0.806. The summed E-state index contributed by atoms with van der Waals surface area (Å²) in [5.74, 6) is -0.451. The van der Waals surface area contributed by atoms with Crippen LogP contribution in [0.5, 0.6) is 0 Å². The van der Waals surface area contributed by atoms with Crippen LogP contribution >= 0.6 is 0 Å². The summed E-state index contributed by atoms with van der Waals surface area (Å²) in [6.45, 7) is 5.04. The molecule has 0 saturated carbocycles. The van der Waals surface area contributed by atoms with Gasteiger partial charge in [-0.3, -0.25) is 4.79 Å². The zero-order valence-electron chi connectivity index (χ0n) is 14.7. The molecule has 1 aromatic rings. The number of rotatable bonds is 4. The molecule has 2 aliphatic heterocycles. The minimum absolute atomic E-state index is 0.106. The fraction of sp³-hybridized carbons (Fsp3) is 0.688. The Balaban J connectivity index is 1.85. The van der Waals surface area contributed by atoms with Gasteiger partial charge in [0, 0.05) is 18.8 Å². The number of imidazole rings is 1. The Morgan fingerprint density at radius 3 is 2.72 bits per heavy atom. The molecule has 2 amide bonds. The van der Waals surface area contributed by atoms with Crippen molar-refractivity contribution in [1.82, 2.24) is 20.2 Å². The van der Waals surface area contributed by atoms with E-state index < -0.39 is 17.9 Å². The molecule has 1 spiro atoms. The van der Waals surface area contributed by atoms with Gasteiger partial charge >= 0.3 is 6.09 Å². The SMILES string of the molecule is COC(=O)NC(C(=O)N1CC2(CC1c1ncc[nH]1)OCCO2)C(C)C. The van der Waals surface area contributed by atoms with Crippen LogP contribution in [0.3, 0.4) is 0 Å². The minimum Gasteiger partial charge on any atom is -0.453 e. The van der Waals surface area contributed by atoms with Crippen molar-refractivity contribution in [1.29, 1.82) is 0 Å². The van der Waals surface area contributed by atoms with Gasteiger partial charge in [0.1, 0.15) is 11.9 Å². The van der Waals surface area contributed by atoms with Crippen molar-refractivity contribution in [2.45, 2.75) is 38.1 Å². The third-order valence-electron chi connectivity index (χ3n) is 4.61. The molecular formula is C16H24N4O5. The maximum atomic E-state index is 13.2. The third kappa shape index (κ3) is 3.47. The monoisotopic (exact) mass is 352 g/mol. The van der Waals surface area contributed by atoms with Crippen LogP contribution in [0.25, 0.3) is 0 Å². The first kappa shape index (κ1) is 17.7. The maximum Gasteiger partial charge on any atom is 0.407 e. The fourth-order valence-corrected chi connectivity index (χ4v) is 3.36. The Labute approximate surface area is 146 Å². The summed E-state index contributed by atoms with van der Waals surface area (Å²) in [6.07, 6.45) is 3.22. The molecule has 2 atom stereocenters. The van der Waals surface area contributed by atoms with Crippen LogP contribution in [-0.2, 0) is 19.0 Å². The molecule has 2 N–H and O–H groups in total. The van der Waals surface area contributed by atoms with E-state index >= 15 is 0 Å². The number of amides is 2. The van der Waals surface area contributed by atoms with E-state index in [0.717, 1.165) is 0 Å². The Morgan fingerprint density at radius 1 is 1.44 bits per heavy atom. The van der Waals surface area contributed by atoms with Crippen LogP contribution in [0.2, 0.25) is 0 Å². The van der Waals surface area contributed by atoms with Crippen LogP contribution in [0, 0.1) is 5.92 Å². The largest absolute Gasteiger partial charge is 0.453 e. The zero-order valence-corrected chi connectivity index (χ0v) is 14.7. The molecule has 9 nitrogen and oxygen atoms in total. The number of likely N-dealkylation sites (tertiary alicyclic amines) is 1. The second kappa shape index (κ2) is 7.01. The van der Waals surface area contributed by atoms with E-state index in [4.69, 9.17) is 9.47 Å². The van der Waals surface area contributed by atoms with E-state index in [2.05, 4.69) is 20.0 Å². The lowest BCUT2D eigenvalue weighted by molar-refractivity contribution is -0.153. The topological polar surface area (TPSA) is 106 Å². The molecule has 138 valence electrons. The number of methoxy groups -OCH3 is 1. The Bertz CT molecular complexity index is 612. The lowest BCUT2D eigenvalue weighted by atomic mass is 10.0. The molecule has 9 heteroatoms. The van der Waals surface area contributed by atoms with E-state index in [1.807, 2.05) is 13.8 Å². The number of aromatic amines is 1. The van der Waals surface area contributed by atoms with Crippen LogP contribution in [0.15, 0.2) is 12.4 Å². The van der Waals surface area contributed by atoms with Gasteiger partial charge in [-0.15, -0.1) is 0 Å². The molecule has 2 aliphatic rings. The normalized spacial score (nSPS) is 23.2. The van der Waals surface area contributed by atoms with Crippen molar-refractivity contribution in [3.8, 4) is 0 Å². The molecule has 0 bridgehead atoms. The lowest BCUT2D eigenvalue weighted by Gasteiger charge is -2.30. The molecule has 0 radical (unpaired) electrons. The zero-order chi connectivity index (χ0) is 18.0. The average Bonchev–Trinajstić information content (AvgIpc) is 3.33. The Morgan fingerprint density at radius 2 is 2.16 bits per heavy atom. The van der Waals surface area contributed by atoms with Gasteiger partial charge in [0.2, 0.25) is 5.91 Å². The molecule has 2 saturated heterocycles. The van der Waals surface area contributed by atoms with E-state index in [1.165, 1.54) is 7.11 Å². The highest BCUT2D eigenvalue weighted by Crippen LogP contribution is 2.42. The first-order chi connectivity index (χ1) is 12.0. The lowest BCUT2D eigenvalue weighted by Crippen LogP contribution is -2.52. The predicted octanol–water partition coefficient (Wildman–Crippen LogP) is 0.807. The molecule has 0 aliphatic carbocycles. The summed E-state index contributed by atoms with van der Waals surface area (Å²) in [4.78, 5) is 33.8. The van der Waals surface area contributed by atoms with E-state index in [9.17, 15) is 9.59 Å². The highest BCUT2D eigenvalue weighted by atomic mass is 16.7. The van der Waals surface area contributed by atoms with Crippen molar-refractivity contribution in [3.63, 3.8) is 0 Å². The van der Waals surface area contributed by atoms with Crippen LogP contribution < -0.4 is 5.32 Å². The van der Waals surface area contributed by atoms with Crippen molar-refractivity contribution in [2.75, 3.05) is 26.9 Å². The van der Waals surface area contributed by atoms with E-state index in [-0.39, 0.29) is 17.9 Å².